The fourth-order valence-electron chi connectivity index (χ4n) is 2.03. The topological polar surface area (TPSA) is 30.5 Å². The molecule has 0 saturated heterocycles. The van der Waals surface area contributed by atoms with Gasteiger partial charge in [-0.2, -0.15) is 0 Å². The summed E-state index contributed by atoms with van der Waals surface area (Å²) in [6.45, 7) is 3.64. The quantitative estimate of drug-likeness (QED) is 0.732. The molecule has 1 aromatic carbocycles. The molecule has 0 spiro atoms. The van der Waals surface area contributed by atoms with Gasteiger partial charge in [-0.25, -0.2) is 0 Å². The van der Waals surface area contributed by atoms with Crippen molar-refractivity contribution in [2.24, 2.45) is 0 Å². The third-order valence-corrected chi connectivity index (χ3v) is 3.06. The van der Waals surface area contributed by atoms with Crippen LogP contribution in [-0.4, -0.2) is 33.5 Å². The summed E-state index contributed by atoms with van der Waals surface area (Å²) in [5.74, 6) is 0. The zero-order chi connectivity index (χ0) is 13.2. The average Bonchev–Trinajstić information content (AvgIpc) is 2.43. The van der Waals surface area contributed by atoms with E-state index < -0.39 is 0 Å². The fourth-order valence-corrected chi connectivity index (χ4v) is 2.03. The zero-order valence-corrected chi connectivity index (χ0v) is 11.7. The summed E-state index contributed by atoms with van der Waals surface area (Å²) in [5.41, 5.74) is 1.34. The smallest absolute Gasteiger partial charge is 0.0928 e. The second-order valence-corrected chi connectivity index (χ2v) is 4.47. The number of ether oxygens (including phenoxy) is 2. The average molecular weight is 251 g/mol. The minimum absolute atomic E-state index is 0.109. The van der Waals surface area contributed by atoms with Gasteiger partial charge in [-0.05, 0) is 12.0 Å². The Kier molecular flexibility index (Phi) is 7.65. The van der Waals surface area contributed by atoms with Crippen LogP contribution in [0, 0.1) is 0 Å². The van der Waals surface area contributed by atoms with E-state index >= 15 is 0 Å². The monoisotopic (exact) mass is 251 g/mol. The Labute approximate surface area is 110 Å². The SMILES string of the molecule is CCCC(NCC(COC)OC)c1ccccc1. The Morgan fingerprint density at radius 2 is 1.89 bits per heavy atom. The molecule has 1 N–H and O–H groups in total. The molecule has 1 aromatic rings. The van der Waals surface area contributed by atoms with E-state index in [-0.39, 0.29) is 6.10 Å². The van der Waals surface area contributed by atoms with Crippen molar-refractivity contribution in [3.05, 3.63) is 35.9 Å². The first-order valence-electron chi connectivity index (χ1n) is 6.61. The molecule has 0 aliphatic heterocycles. The third-order valence-electron chi connectivity index (χ3n) is 3.06. The normalized spacial score (nSPS) is 14.4. The van der Waals surface area contributed by atoms with Crippen LogP contribution in [0.15, 0.2) is 30.3 Å². The lowest BCUT2D eigenvalue weighted by Crippen LogP contribution is -2.34. The number of nitrogens with one attached hydrogen (secondary N) is 1. The van der Waals surface area contributed by atoms with E-state index in [1.165, 1.54) is 5.56 Å². The van der Waals surface area contributed by atoms with Crippen LogP contribution in [0.25, 0.3) is 0 Å². The Bertz CT molecular complexity index is 303. The maximum absolute atomic E-state index is 5.37. The lowest BCUT2D eigenvalue weighted by molar-refractivity contribution is 0.0271. The second kappa shape index (κ2) is 9.09. The van der Waals surface area contributed by atoms with Crippen LogP contribution in [0.4, 0.5) is 0 Å². The van der Waals surface area contributed by atoms with Gasteiger partial charge in [0, 0.05) is 26.8 Å². The number of hydrogen-bond donors (Lipinski definition) is 1. The van der Waals surface area contributed by atoms with Crippen molar-refractivity contribution in [2.75, 3.05) is 27.4 Å². The number of benzene rings is 1. The third kappa shape index (κ3) is 5.17. The highest BCUT2D eigenvalue weighted by atomic mass is 16.5. The van der Waals surface area contributed by atoms with Crippen LogP contribution >= 0.6 is 0 Å². The fraction of sp³-hybridized carbons (Fsp3) is 0.600. The molecule has 2 unspecified atom stereocenters. The van der Waals surface area contributed by atoms with Crippen molar-refractivity contribution in [3.8, 4) is 0 Å². The van der Waals surface area contributed by atoms with Crippen molar-refractivity contribution in [3.63, 3.8) is 0 Å². The molecule has 0 radical (unpaired) electrons. The lowest BCUT2D eigenvalue weighted by Gasteiger charge is -2.22. The van der Waals surface area contributed by atoms with Crippen LogP contribution in [0.2, 0.25) is 0 Å². The maximum Gasteiger partial charge on any atom is 0.0928 e. The van der Waals surface area contributed by atoms with E-state index in [1.807, 2.05) is 0 Å². The van der Waals surface area contributed by atoms with Crippen molar-refractivity contribution in [2.45, 2.75) is 31.9 Å². The molecule has 102 valence electrons. The summed E-state index contributed by atoms with van der Waals surface area (Å²) < 4.78 is 10.5. The van der Waals surface area contributed by atoms with Gasteiger partial charge in [0.15, 0.2) is 0 Å². The van der Waals surface area contributed by atoms with Crippen LogP contribution in [0.3, 0.4) is 0 Å². The van der Waals surface area contributed by atoms with Crippen LogP contribution < -0.4 is 5.32 Å². The van der Waals surface area contributed by atoms with Gasteiger partial charge in [0.05, 0.1) is 12.7 Å². The van der Waals surface area contributed by atoms with E-state index in [0.717, 1.165) is 19.4 Å². The summed E-state index contributed by atoms with van der Waals surface area (Å²) in [6, 6.07) is 11.0. The maximum atomic E-state index is 5.37. The predicted molar refractivity (Wildman–Crippen MR) is 74.8 cm³/mol. The van der Waals surface area contributed by atoms with Crippen molar-refractivity contribution < 1.29 is 9.47 Å². The van der Waals surface area contributed by atoms with Crippen molar-refractivity contribution in [1.82, 2.24) is 5.32 Å². The molecule has 0 aromatic heterocycles. The molecule has 18 heavy (non-hydrogen) atoms. The molecule has 2 atom stereocenters. The largest absolute Gasteiger partial charge is 0.382 e. The van der Waals surface area contributed by atoms with Gasteiger partial charge < -0.3 is 14.8 Å². The van der Waals surface area contributed by atoms with Gasteiger partial charge in [-0.15, -0.1) is 0 Å². The van der Waals surface area contributed by atoms with E-state index in [4.69, 9.17) is 9.47 Å². The van der Waals surface area contributed by atoms with E-state index in [0.29, 0.717) is 12.6 Å². The lowest BCUT2D eigenvalue weighted by atomic mass is 10.0. The Morgan fingerprint density at radius 3 is 2.44 bits per heavy atom. The molecule has 0 aliphatic rings. The molecule has 1 rings (SSSR count). The Hall–Kier alpha value is -0.900. The van der Waals surface area contributed by atoms with Crippen LogP contribution in [-0.2, 0) is 9.47 Å². The molecule has 0 saturated carbocycles. The van der Waals surface area contributed by atoms with Gasteiger partial charge in [0.2, 0.25) is 0 Å². The van der Waals surface area contributed by atoms with Gasteiger partial charge in [0.1, 0.15) is 0 Å². The van der Waals surface area contributed by atoms with Crippen LogP contribution in [0.5, 0.6) is 0 Å². The highest BCUT2D eigenvalue weighted by Crippen LogP contribution is 2.17. The number of methoxy groups -OCH3 is 2. The summed E-state index contributed by atoms with van der Waals surface area (Å²) in [4.78, 5) is 0. The molecule has 3 nitrogen and oxygen atoms in total. The molecule has 3 heteroatoms. The first-order chi connectivity index (χ1) is 8.81. The number of hydrogen-bond acceptors (Lipinski definition) is 3. The summed E-state index contributed by atoms with van der Waals surface area (Å²) >= 11 is 0. The van der Waals surface area contributed by atoms with Gasteiger partial charge in [-0.1, -0.05) is 43.7 Å². The standard InChI is InChI=1S/C15H25NO2/c1-4-8-15(13-9-6-5-7-10-13)16-11-14(18-3)12-17-2/h5-7,9-10,14-16H,4,8,11-12H2,1-3H3. The van der Waals surface area contributed by atoms with Gasteiger partial charge >= 0.3 is 0 Å². The second-order valence-electron chi connectivity index (χ2n) is 4.47. The molecular weight excluding hydrogens is 226 g/mol. The van der Waals surface area contributed by atoms with E-state index in [2.05, 4.69) is 42.6 Å². The highest BCUT2D eigenvalue weighted by molar-refractivity contribution is 5.18. The minimum Gasteiger partial charge on any atom is -0.382 e. The van der Waals surface area contributed by atoms with E-state index in [9.17, 15) is 0 Å². The highest BCUT2D eigenvalue weighted by Gasteiger charge is 2.13. The van der Waals surface area contributed by atoms with Crippen LogP contribution in [0.1, 0.15) is 31.4 Å². The first kappa shape index (κ1) is 15.2. The molecule has 0 bridgehead atoms. The summed E-state index contributed by atoms with van der Waals surface area (Å²) in [5, 5.41) is 3.57. The Balaban J connectivity index is 2.53. The Morgan fingerprint density at radius 1 is 1.17 bits per heavy atom. The minimum atomic E-state index is 0.109. The van der Waals surface area contributed by atoms with Gasteiger partial charge in [0.25, 0.3) is 0 Å². The number of rotatable bonds is 9. The molecule has 0 heterocycles. The van der Waals surface area contributed by atoms with E-state index in [1.54, 1.807) is 14.2 Å². The first-order valence-corrected chi connectivity index (χ1v) is 6.61. The van der Waals surface area contributed by atoms with Crippen molar-refractivity contribution >= 4 is 0 Å². The molecule has 0 aliphatic carbocycles. The zero-order valence-electron chi connectivity index (χ0n) is 11.7. The molecule has 0 amide bonds. The molecule has 0 fully saturated rings. The summed E-state index contributed by atoms with van der Waals surface area (Å²) in [6.07, 6.45) is 2.40. The molecular formula is C15H25NO2. The van der Waals surface area contributed by atoms with Gasteiger partial charge in [-0.3, -0.25) is 0 Å². The summed E-state index contributed by atoms with van der Waals surface area (Å²) in [7, 11) is 3.43. The van der Waals surface area contributed by atoms with Crippen molar-refractivity contribution in [1.29, 1.82) is 0 Å². The predicted octanol–water partition coefficient (Wildman–Crippen LogP) is 2.78.